The molecule has 3 N–H and O–H groups in total. The van der Waals surface area contributed by atoms with E-state index in [0.717, 1.165) is 17.3 Å². The lowest BCUT2D eigenvalue weighted by molar-refractivity contribution is -0.00552. The number of likely N-dealkylation sites (tertiary alicyclic amines) is 1. The molecule has 1 amide bonds. The number of ether oxygens (including phenoxy) is 1. The number of rotatable bonds is 4. The van der Waals surface area contributed by atoms with Gasteiger partial charge in [-0.3, -0.25) is 4.79 Å². The minimum atomic E-state index is -0.100. The first-order valence-corrected chi connectivity index (χ1v) is 7.34. The van der Waals surface area contributed by atoms with E-state index in [1.165, 1.54) is 0 Å². The normalized spacial score (nSPS) is 16.4. The van der Waals surface area contributed by atoms with Crippen molar-refractivity contribution in [1.82, 2.24) is 9.88 Å². The van der Waals surface area contributed by atoms with E-state index < -0.39 is 0 Å². The Balaban J connectivity index is 1.96. The van der Waals surface area contributed by atoms with E-state index >= 15 is 0 Å². The Bertz CT molecular complexity index is 476. The summed E-state index contributed by atoms with van der Waals surface area (Å²) in [7, 11) is 0. The number of hydrogen-bond donors (Lipinski definition) is 2. The lowest BCUT2D eigenvalue weighted by Gasteiger charge is -2.32. The highest BCUT2D eigenvalue weighted by Gasteiger charge is 2.25. The number of pyridine rings is 1. The third-order valence-electron chi connectivity index (χ3n) is 3.29. The number of piperidine rings is 1. The zero-order valence-corrected chi connectivity index (χ0v) is 12.7. The molecule has 110 valence electrons. The zero-order chi connectivity index (χ0) is 14.5. The molecule has 1 aliphatic rings. The van der Waals surface area contributed by atoms with Crippen LogP contribution in [0.15, 0.2) is 16.7 Å². The van der Waals surface area contributed by atoms with Gasteiger partial charge in [0.25, 0.3) is 5.91 Å². The van der Waals surface area contributed by atoms with E-state index in [9.17, 15) is 4.79 Å². The maximum absolute atomic E-state index is 12.4. The monoisotopic (exact) mass is 343 g/mol. The predicted molar refractivity (Wildman–Crippen MR) is 78.3 cm³/mol. The van der Waals surface area contributed by atoms with Gasteiger partial charge in [-0.05, 0) is 34.8 Å². The molecule has 0 spiro atoms. The Morgan fingerprint density at radius 3 is 2.90 bits per heavy atom. The Morgan fingerprint density at radius 2 is 2.25 bits per heavy atom. The quantitative estimate of drug-likeness (QED) is 0.852. The van der Waals surface area contributed by atoms with Crippen LogP contribution in [0.5, 0.6) is 0 Å². The molecule has 1 aromatic heterocycles. The van der Waals surface area contributed by atoms with Crippen molar-refractivity contribution < 1.29 is 14.6 Å². The van der Waals surface area contributed by atoms with Crippen LogP contribution in [0.2, 0.25) is 0 Å². The molecule has 0 unspecified atom stereocenters. The van der Waals surface area contributed by atoms with Crippen molar-refractivity contribution >= 4 is 27.7 Å². The molecule has 7 heteroatoms. The Hall–Kier alpha value is -1.18. The van der Waals surface area contributed by atoms with Crippen LogP contribution in [0.1, 0.15) is 23.2 Å². The van der Waals surface area contributed by atoms with Crippen molar-refractivity contribution in [2.75, 3.05) is 32.0 Å². The van der Waals surface area contributed by atoms with E-state index in [2.05, 4.69) is 20.9 Å². The van der Waals surface area contributed by atoms with E-state index in [0.29, 0.717) is 25.3 Å². The fraction of sp³-hybridized carbons (Fsp3) is 0.538. The third kappa shape index (κ3) is 3.68. The SMILES string of the molecule is Nc1ncc(Br)cc1C(=O)N1CCC(OCCO)CC1. The van der Waals surface area contributed by atoms with E-state index in [-0.39, 0.29) is 24.4 Å². The number of aromatic nitrogens is 1. The van der Waals surface area contributed by atoms with Gasteiger partial charge in [0.2, 0.25) is 0 Å². The van der Waals surface area contributed by atoms with Gasteiger partial charge < -0.3 is 20.5 Å². The topological polar surface area (TPSA) is 88.7 Å². The molecular formula is C13H18BrN3O3. The van der Waals surface area contributed by atoms with Crippen molar-refractivity contribution in [2.24, 2.45) is 0 Å². The molecular weight excluding hydrogens is 326 g/mol. The molecule has 0 saturated carbocycles. The van der Waals surface area contributed by atoms with Gasteiger partial charge in [0, 0.05) is 23.8 Å². The van der Waals surface area contributed by atoms with Gasteiger partial charge in [0.05, 0.1) is 24.9 Å². The van der Waals surface area contributed by atoms with Crippen molar-refractivity contribution in [3.63, 3.8) is 0 Å². The van der Waals surface area contributed by atoms with Crippen molar-refractivity contribution in [3.8, 4) is 0 Å². The predicted octanol–water partition coefficient (Wildman–Crippen LogP) is 1.04. The van der Waals surface area contributed by atoms with Crippen LogP contribution in [0.3, 0.4) is 0 Å². The number of nitrogen functional groups attached to an aromatic ring is 1. The average Bonchev–Trinajstić information content (AvgIpc) is 2.47. The maximum Gasteiger partial charge on any atom is 0.257 e. The van der Waals surface area contributed by atoms with Crippen LogP contribution in [0, 0.1) is 0 Å². The van der Waals surface area contributed by atoms with Crippen LogP contribution >= 0.6 is 15.9 Å². The summed E-state index contributed by atoms with van der Waals surface area (Å²) in [6.45, 7) is 1.63. The highest BCUT2D eigenvalue weighted by molar-refractivity contribution is 9.10. The van der Waals surface area contributed by atoms with Gasteiger partial charge in [-0.15, -0.1) is 0 Å². The second kappa shape index (κ2) is 7.01. The molecule has 0 bridgehead atoms. The van der Waals surface area contributed by atoms with Gasteiger partial charge in [-0.25, -0.2) is 4.98 Å². The number of halogens is 1. The molecule has 0 aromatic carbocycles. The standard InChI is InChI=1S/C13H18BrN3O3/c14-9-7-11(12(15)16-8-9)13(19)17-3-1-10(2-4-17)20-6-5-18/h7-8,10,18H,1-6H2,(H2,15,16). The summed E-state index contributed by atoms with van der Waals surface area (Å²) >= 11 is 3.29. The zero-order valence-electron chi connectivity index (χ0n) is 11.1. The van der Waals surface area contributed by atoms with Gasteiger partial charge in [-0.1, -0.05) is 0 Å². The Kier molecular flexibility index (Phi) is 5.33. The number of nitrogens with zero attached hydrogens (tertiary/aromatic N) is 2. The fourth-order valence-corrected chi connectivity index (χ4v) is 2.57. The molecule has 1 saturated heterocycles. The van der Waals surface area contributed by atoms with Crippen LogP contribution in [-0.2, 0) is 4.74 Å². The smallest absolute Gasteiger partial charge is 0.257 e. The minimum Gasteiger partial charge on any atom is -0.394 e. The highest BCUT2D eigenvalue weighted by atomic mass is 79.9. The highest BCUT2D eigenvalue weighted by Crippen LogP contribution is 2.20. The van der Waals surface area contributed by atoms with E-state index in [1.54, 1.807) is 17.2 Å². The molecule has 2 heterocycles. The van der Waals surface area contributed by atoms with Crippen LogP contribution in [0.25, 0.3) is 0 Å². The van der Waals surface area contributed by atoms with Gasteiger partial charge in [0.15, 0.2) is 0 Å². The average molecular weight is 344 g/mol. The van der Waals surface area contributed by atoms with Crippen molar-refractivity contribution in [1.29, 1.82) is 0 Å². The summed E-state index contributed by atoms with van der Waals surface area (Å²) in [6, 6.07) is 1.69. The Morgan fingerprint density at radius 1 is 1.55 bits per heavy atom. The summed E-state index contributed by atoms with van der Waals surface area (Å²) in [5, 5.41) is 8.73. The van der Waals surface area contributed by atoms with E-state index in [1.807, 2.05) is 0 Å². The number of nitrogens with two attached hydrogens (primary N) is 1. The van der Waals surface area contributed by atoms with Crippen LogP contribution < -0.4 is 5.73 Å². The molecule has 1 fully saturated rings. The number of aliphatic hydroxyl groups is 1. The maximum atomic E-state index is 12.4. The fourth-order valence-electron chi connectivity index (χ4n) is 2.24. The summed E-state index contributed by atoms with van der Waals surface area (Å²) in [5.41, 5.74) is 6.18. The summed E-state index contributed by atoms with van der Waals surface area (Å²) in [6.07, 6.45) is 3.23. The molecule has 0 radical (unpaired) electrons. The molecule has 0 atom stereocenters. The van der Waals surface area contributed by atoms with Gasteiger partial charge in [-0.2, -0.15) is 0 Å². The molecule has 0 aliphatic carbocycles. The first-order chi connectivity index (χ1) is 9.61. The summed E-state index contributed by atoms with van der Waals surface area (Å²) in [5.74, 6) is 0.147. The second-order valence-corrected chi connectivity index (χ2v) is 5.59. The molecule has 2 rings (SSSR count). The van der Waals surface area contributed by atoms with Crippen molar-refractivity contribution in [3.05, 3.63) is 22.3 Å². The third-order valence-corrected chi connectivity index (χ3v) is 3.72. The number of carbonyl (C=O) groups is 1. The largest absolute Gasteiger partial charge is 0.394 e. The Labute approximate surface area is 126 Å². The van der Waals surface area contributed by atoms with Gasteiger partial charge in [0.1, 0.15) is 5.82 Å². The lowest BCUT2D eigenvalue weighted by Crippen LogP contribution is -2.41. The van der Waals surface area contributed by atoms with Crippen LogP contribution in [-0.4, -0.2) is 53.3 Å². The lowest BCUT2D eigenvalue weighted by atomic mass is 10.1. The number of aliphatic hydroxyl groups excluding tert-OH is 1. The first kappa shape index (κ1) is 15.2. The molecule has 20 heavy (non-hydrogen) atoms. The number of anilines is 1. The second-order valence-electron chi connectivity index (χ2n) is 4.67. The van der Waals surface area contributed by atoms with E-state index in [4.69, 9.17) is 15.6 Å². The first-order valence-electron chi connectivity index (χ1n) is 6.54. The van der Waals surface area contributed by atoms with Gasteiger partial charge >= 0.3 is 0 Å². The van der Waals surface area contributed by atoms with Crippen molar-refractivity contribution in [2.45, 2.75) is 18.9 Å². The summed E-state index contributed by atoms with van der Waals surface area (Å²) in [4.78, 5) is 18.1. The molecule has 6 nitrogen and oxygen atoms in total. The van der Waals surface area contributed by atoms with Crippen LogP contribution in [0.4, 0.5) is 5.82 Å². The summed E-state index contributed by atoms with van der Waals surface area (Å²) < 4.78 is 6.21. The number of hydrogen-bond acceptors (Lipinski definition) is 5. The molecule has 1 aliphatic heterocycles. The number of carbonyl (C=O) groups excluding carboxylic acids is 1. The molecule has 1 aromatic rings. The number of amides is 1. The minimum absolute atomic E-state index is 0.0272.